The topological polar surface area (TPSA) is 69.6 Å². The molecular formula is C12H18N2O3. The molecule has 0 heterocycles. The molecule has 0 aliphatic heterocycles. The molecular weight excluding hydrogens is 220 g/mol. The van der Waals surface area contributed by atoms with Crippen LogP contribution in [0.25, 0.3) is 0 Å². The Morgan fingerprint density at radius 2 is 1.82 bits per heavy atom. The molecule has 0 atom stereocenters. The van der Waals surface area contributed by atoms with Crippen LogP contribution >= 0.6 is 0 Å². The number of rotatable bonds is 6. The molecule has 5 nitrogen and oxygen atoms in total. The third kappa shape index (κ3) is 3.62. The SMILES string of the molecule is C=CCN(CC=C)C(=O)NC1CC(C(=O)O)C1. The van der Waals surface area contributed by atoms with Crippen LogP contribution in [0, 0.1) is 5.92 Å². The summed E-state index contributed by atoms with van der Waals surface area (Å²) in [5, 5.41) is 11.5. The molecule has 1 aliphatic carbocycles. The van der Waals surface area contributed by atoms with Crippen molar-refractivity contribution in [1.82, 2.24) is 10.2 Å². The average molecular weight is 238 g/mol. The second kappa shape index (κ2) is 6.08. The van der Waals surface area contributed by atoms with Gasteiger partial charge in [-0.15, -0.1) is 13.2 Å². The van der Waals surface area contributed by atoms with Crippen molar-refractivity contribution in [3.8, 4) is 0 Å². The minimum atomic E-state index is -0.787. The maximum atomic E-state index is 11.8. The molecule has 0 unspecified atom stereocenters. The van der Waals surface area contributed by atoms with E-state index in [9.17, 15) is 9.59 Å². The molecule has 0 spiro atoms. The fraction of sp³-hybridized carbons (Fsp3) is 0.500. The van der Waals surface area contributed by atoms with Crippen LogP contribution in [0.2, 0.25) is 0 Å². The van der Waals surface area contributed by atoms with Crippen molar-refractivity contribution in [1.29, 1.82) is 0 Å². The number of amides is 2. The van der Waals surface area contributed by atoms with Gasteiger partial charge < -0.3 is 15.3 Å². The molecule has 0 saturated heterocycles. The summed E-state index contributed by atoms with van der Waals surface area (Å²) in [6, 6.07) is -0.223. The molecule has 1 aliphatic rings. The van der Waals surface area contributed by atoms with E-state index in [0.717, 1.165) is 0 Å². The Labute approximate surface area is 101 Å². The van der Waals surface area contributed by atoms with Crippen LogP contribution in [0.1, 0.15) is 12.8 Å². The molecule has 0 aromatic heterocycles. The Balaban J connectivity index is 2.35. The number of carbonyl (C=O) groups is 2. The molecule has 94 valence electrons. The van der Waals surface area contributed by atoms with Gasteiger partial charge in [-0.2, -0.15) is 0 Å². The van der Waals surface area contributed by atoms with Crippen molar-refractivity contribution in [2.75, 3.05) is 13.1 Å². The first kappa shape index (κ1) is 13.3. The molecule has 17 heavy (non-hydrogen) atoms. The maximum absolute atomic E-state index is 11.8. The van der Waals surface area contributed by atoms with Gasteiger partial charge in [-0.3, -0.25) is 4.79 Å². The number of hydrogen-bond donors (Lipinski definition) is 2. The number of nitrogens with one attached hydrogen (secondary N) is 1. The molecule has 1 rings (SSSR count). The van der Waals surface area contributed by atoms with Gasteiger partial charge in [0.15, 0.2) is 0 Å². The van der Waals surface area contributed by atoms with E-state index in [4.69, 9.17) is 5.11 Å². The molecule has 0 radical (unpaired) electrons. The van der Waals surface area contributed by atoms with Crippen LogP contribution in [-0.2, 0) is 4.79 Å². The Hall–Kier alpha value is -1.78. The highest BCUT2D eigenvalue weighted by Crippen LogP contribution is 2.27. The summed E-state index contributed by atoms with van der Waals surface area (Å²) in [6.45, 7) is 8.06. The van der Waals surface area contributed by atoms with Crippen molar-refractivity contribution in [2.45, 2.75) is 18.9 Å². The van der Waals surface area contributed by atoms with Crippen LogP contribution in [0.3, 0.4) is 0 Å². The zero-order valence-corrected chi connectivity index (χ0v) is 9.76. The summed E-state index contributed by atoms with van der Waals surface area (Å²) in [5.74, 6) is -1.10. The van der Waals surface area contributed by atoms with Crippen LogP contribution in [0.5, 0.6) is 0 Å². The molecule has 0 bridgehead atoms. The predicted molar refractivity (Wildman–Crippen MR) is 64.6 cm³/mol. The minimum Gasteiger partial charge on any atom is -0.481 e. The molecule has 0 aromatic carbocycles. The van der Waals surface area contributed by atoms with E-state index in [2.05, 4.69) is 18.5 Å². The Kier molecular flexibility index (Phi) is 4.75. The molecule has 1 saturated carbocycles. The first-order chi connectivity index (χ1) is 8.08. The lowest BCUT2D eigenvalue weighted by molar-refractivity contribution is -0.145. The normalized spacial score (nSPS) is 22.1. The lowest BCUT2D eigenvalue weighted by Gasteiger charge is -2.34. The van der Waals surface area contributed by atoms with E-state index in [-0.39, 0.29) is 18.0 Å². The number of carbonyl (C=O) groups excluding carboxylic acids is 1. The number of carboxylic acid groups (broad SMARTS) is 1. The standard InChI is InChI=1S/C12H18N2O3/c1-3-5-14(6-4-2)12(17)13-10-7-9(8-10)11(15)16/h3-4,9-10H,1-2,5-8H2,(H,13,17)(H,15,16). The fourth-order valence-corrected chi connectivity index (χ4v) is 1.76. The first-order valence-corrected chi connectivity index (χ1v) is 5.58. The average Bonchev–Trinajstić information content (AvgIpc) is 2.21. The van der Waals surface area contributed by atoms with Crippen molar-refractivity contribution >= 4 is 12.0 Å². The summed E-state index contributed by atoms with van der Waals surface area (Å²) in [4.78, 5) is 23.9. The van der Waals surface area contributed by atoms with Gasteiger partial charge in [0.25, 0.3) is 0 Å². The smallest absolute Gasteiger partial charge is 0.318 e. The van der Waals surface area contributed by atoms with Crippen LogP contribution < -0.4 is 5.32 Å². The maximum Gasteiger partial charge on any atom is 0.318 e. The Morgan fingerprint density at radius 1 is 1.29 bits per heavy atom. The molecule has 5 heteroatoms. The van der Waals surface area contributed by atoms with Gasteiger partial charge in [-0.1, -0.05) is 12.2 Å². The van der Waals surface area contributed by atoms with Gasteiger partial charge in [-0.25, -0.2) is 4.79 Å². The van der Waals surface area contributed by atoms with Crippen molar-refractivity contribution in [3.05, 3.63) is 25.3 Å². The Morgan fingerprint density at radius 3 is 2.24 bits per heavy atom. The van der Waals surface area contributed by atoms with Crippen LogP contribution in [-0.4, -0.2) is 41.1 Å². The van der Waals surface area contributed by atoms with Crippen molar-refractivity contribution < 1.29 is 14.7 Å². The number of nitrogens with zero attached hydrogens (tertiary/aromatic N) is 1. The van der Waals surface area contributed by atoms with Crippen LogP contribution in [0.15, 0.2) is 25.3 Å². The second-order valence-electron chi connectivity index (χ2n) is 4.14. The first-order valence-electron chi connectivity index (χ1n) is 5.58. The number of carboxylic acids is 1. The summed E-state index contributed by atoms with van der Waals surface area (Å²) in [6.07, 6.45) is 4.31. The van der Waals surface area contributed by atoms with Gasteiger partial charge in [-0.05, 0) is 12.8 Å². The Bertz CT molecular complexity index is 312. The summed E-state index contributed by atoms with van der Waals surface area (Å²) in [5.41, 5.74) is 0. The van der Waals surface area contributed by atoms with E-state index in [1.807, 2.05) is 0 Å². The summed E-state index contributed by atoms with van der Waals surface area (Å²) < 4.78 is 0. The third-order valence-corrected chi connectivity index (χ3v) is 2.80. The third-order valence-electron chi connectivity index (χ3n) is 2.80. The van der Waals surface area contributed by atoms with Crippen molar-refractivity contribution in [3.63, 3.8) is 0 Å². The van der Waals surface area contributed by atoms with E-state index in [1.54, 1.807) is 17.1 Å². The highest BCUT2D eigenvalue weighted by molar-refractivity contribution is 5.76. The fourth-order valence-electron chi connectivity index (χ4n) is 1.76. The number of urea groups is 1. The van der Waals surface area contributed by atoms with Crippen molar-refractivity contribution in [2.24, 2.45) is 5.92 Å². The number of aliphatic carboxylic acids is 1. The number of hydrogen-bond acceptors (Lipinski definition) is 2. The lowest BCUT2D eigenvalue weighted by Crippen LogP contribution is -2.51. The quantitative estimate of drug-likeness (QED) is 0.684. The second-order valence-corrected chi connectivity index (χ2v) is 4.14. The van der Waals surface area contributed by atoms with Gasteiger partial charge in [0.2, 0.25) is 0 Å². The highest BCUT2D eigenvalue weighted by atomic mass is 16.4. The van der Waals surface area contributed by atoms with Gasteiger partial charge in [0, 0.05) is 19.1 Å². The van der Waals surface area contributed by atoms with E-state index in [0.29, 0.717) is 25.9 Å². The van der Waals surface area contributed by atoms with E-state index >= 15 is 0 Å². The molecule has 1 fully saturated rings. The van der Waals surface area contributed by atoms with Gasteiger partial charge in [0.05, 0.1) is 5.92 Å². The van der Waals surface area contributed by atoms with E-state index < -0.39 is 5.97 Å². The molecule has 0 aromatic rings. The lowest BCUT2D eigenvalue weighted by atomic mass is 9.80. The molecule has 2 N–H and O–H groups in total. The highest BCUT2D eigenvalue weighted by Gasteiger charge is 2.35. The summed E-state index contributed by atoms with van der Waals surface area (Å²) >= 11 is 0. The summed E-state index contributed by atoms with van der Waals surface area (Å²) in [7, 11) is 0. The van der Waals surface area contributed by atoms with Crippen LogP contribution in [0.4, 0.5) is 4.79 Å². The molecule has 2 amide bonds. The van der Waals surface area contributed by atoms with Gasteiger partial charge >= 0.3 is 12.0 Å². The largest absolute Gasteiger partial charge is 0.481 e. The zero-order valence-electron chi connectivity index (χ0n) is 9.76. The monoisotopic (exact) mass is 238 g/mol. The predicted octanol–water partition coefficient (Wildman–Crippen LogP) is 1.23. The zero-order chi connectivity index (χ0) is 12.8. The van der Waals surface area contributed by atoms with E-state index in [1.165, 1.54) is 0 Å². The minimum absolute atomic E-state index is 0.0271. The van der Waals surface area contributed by atoms with Gasteiger partial charge in [0.1, 0.15) is 0 Å².